The molecular formula is C49H28F26N4S2. The Labute approximate surface area is 446 Å². The Bertz CT molecular complexity index is 3060. The normalized spacial score (nSPS) is 14.8. The summed E-state index contributed by atoms with van der Waals surface area (Å²) in [6.45, 7) is 3.44. The Balaban J connectivity index is 1.68. The van der Waals surface area contributed by atoms with E-state index in [1.54, 1.807) is 13.8 Å². The Morgan fingerprint density at radius 3 is 0.938 bits per heavy atom. The summed E-state index contributed by atoms with van der Waals surface area (Å²) >= 11 is -0.256. The average Bonchev–Trinajstić information content (AvgIpc) is 4.13. The predicted molar refractivity (Wildman–Crippen MR) is 236 cm³/mol. The van der Waals surface area contributed by atoms with Crippen molar-refractivity contribution < 1.29 is 114 Å². The highest BCUT2D eigenvalue weighted by atomic mass is 32.1. The van der Waals surface area contributed by atoms with Gasteiger partial charge in [0, 0.05) is 24.9 Å². The van der Waals surface area contributed by atoms with Crippen molar-refractivity contribution in [1.82, 2.24) is 0 Å². The van der Waals surface area contributed by atoms with Crippen LogP contribution in [0.4, 0.5) is 114 Å². The topological polar surface area (TPSA) is 95.2 Å². The van der Waals surface area contributed by atoms with Gasteiger partial charge in [-0.2, -0.15) is 135 Å². The molecule has 0 fully saturated rings. The summed E-state index contributed by atoms with van der Waals surface area (Å²) < 4.78 is 371. The molecule has 0 unspecified atom stereocenters. The first-order chi connectivity index (χ1) is 36.8. The molecule has 0 atom stereocenters. The van der Waals surface area contributed by atoms with Gasteiger partial charge in [-0.1, -0.05) is 63.8 Å². The number of thiophene rings is 2. The zero-order valence-corrected chi connectivity index (χ0v) is 41.6. The molecule has 438 valence electrons. The van der Waals surface area contributed by atoms with Gasteiger partial charge in [0.1, 0.15) is 35.4 Å². The lowest BCUT2D eigenvalue weighted by molar-refractivity contribution is -0.435. The minimum atomic E-state index is -8.32. The number of hydrogen-bond acceptors (Lipinski definition) is 6. The van der Waals surface area contributed by atoms with E-state index in [0.29, 0.717) is 84.3 Å². The maximum atomic E-state index is 15.8. The van der Waals surface area contributed by atoms with Crippen molar-refractivity contribution in [2.75, 3.05) is 0 Å². The molecule has 1 aliphatic carbocycles. The van der Waals surface area contributed by atoms with Crippen LogP contribution in [0.25, 0.3) is 43.2 Å². The van der Waals surface area contributed by atoms with Crippen LogP contribution in [0.2, 0.25) is 0 Å². The van der Waals surface area contributed by atoms with Crippen LogP contribution < -0.4 is 0 Å². The van der Waals surface area contributed by atoms with E-state index in [1.807, 2.05) is 0 Å². The van der Waals surface area contributed by atoms with E-state index < -0.39 is 109 Å². The molecule has 4 nitrogen and oxygen atoms in total. The van der Waals surface area contributed by atoms with Crippen molar-refractivity contribution in [1.29, 1.82) is 21.0 Å². The van der Waals surface area contributed by atoms with Crippen molar-refractivity contribution in [2.24, 2.45) is 0 Å². The van der Waals surface area contributed by atoms with Crippen LogP contribution in [0.1, 0.15) is 73.3 Å². The first-order valence-corrected chi connectivity index (χ1v) is 23.9. The highest BCUT2D eigenvalue weighted by Crippen LogP contribution is 2.65. The molecule has 81 heavy (non-hydrogen) atoms. The maximum absolute atomic E-state index is 15.8. The fraction of sp³-hybridized carbons (Fsp3) is 0.429. The minimum absolute atomic E-state index is 0.0989. The molecule has 1 aliphatic rings. The van der Waals surface area contributed by atoms with Crippen LogP contribution in [0.15, 0.2) is 71.8 Å². The van der Waals surface area contributed by atoms with Crippen molar-refractivity contribution in [3.63, 3.8) is 0 Å². The van der Waals surface area contributed by atoms with Gasteiger partial charge in [0.25, 0.3) is 0 Å². The number of allylic oxidation sites excluding steroid dienone is 4. The van der Waals surface area contributed by atoms with Gasteiger partial charge in [-0.15, -0.1) is 22.7 Å². The molecule has 5 rings (SSSR count). The number of benzene rings is 2. The first-order valence-electron chi connectivity index (χ1n) is 22.3. The summed E-state index contributed by atoms with van der Waals surface area (Å²) in [6, 6.07) is 12.7. The smallest absolute Gasteiger partial charge is 0.194 e. The SMILES string of the molecule is CCCCC1(CCCC)c2cc(-c3ccc(C(=C(C#N)C#N)C(F)(F)C(F)(F)C(F)(F)C(F)(F)C(F)(F)C(F)(F)F)s3)ccc2-c2ccc(-c3ccc(C(=C(C#N)C#N)C(F)(F)C(F)(F)C(F)(F)C(F)(F)C(F)(F)C(F)(F)F)s3)cc21. The van der Waals surface area contributed by atoms with Crippen LogP contribution in [0, 0.1) is 45.3 Å². The molecule has 0 saturated heterocycles. The van der Waals surface area contributed by atoms with Gasteiger partial charge in [0.05, 0.1) is 11.1 Å². The summed E-state index contributed by atoms with van der Waals surface area (Å²) in [6.07, 6.45) is -13.6. The molecule has 4 aromatic rings. The van der Waals surface area contributed by atoms with Crippen molar-refractivity contribution in [2.45, 2.75) is 129 Å². The third kappa shape index (κ3) is 9.62. The lowest BCUT2D eigenvalue weighted by Gasteiger charge is -2.40. The molecule has 2 aromatic carbocycles. The summed E-state index contributed by atoms with van der Waals surface area (Å²) in [5, 5.41) is 37.7. The van der Waals surface area contributed by atoms with E-state index in [-0.39, 0.29) is 56.4 Å². The number of nitriles is 4. The Morgan fingerprint density at radius 2 is 0.679 bits per heavy atom. The maximum Gasteiger partial charge on any atom is 0.460 e. The van der Waals surface area contributed by atoms with E-state index in [2.05, 4.69) is 0 Å². The predicted octanol–water partition coefficient (Wildman–Crippen LogP) is 18.9. The molecule has 0 radical (unpaired) electrons. The Kier molecular flexibility index (Phi) is 16.9. The van der Waals surface area contributed by atoms with Gasteiger partial charge >= 0.3 is 71.6 Å². The van der Waals surface area contributed by atoms with Crippen molar-refractivity contribution in [3.05, 3.63) is 92.7 Å². The second-order valence-corrected chi connectivity index (χ2v) is 20.0. The van der Waals surface area contributed by atoms with Gasteiger partial charge in [-0.05, 0) is 82.6 Å². The quantitative estimate of drug-likeness (QED) is 0.0651. The number of rotatable bonds is 20. The molecular weight excluding hydrogens is 1200 g/mol. The van der Waals surface area contributed by atoms with E-state index in [9.17, 15) is 100 Å². The largest absolute Gasteiger partial charge is 0.460 e. The third-order valence-electron chi connectivity index (χ3n) is 13.0. The molecule has 0 spiro atoms. The van der Waals surface area contributed by atoms with E-state index in [1.165, 1.54) is 36.4 Å². The van der Waals surface area contributed by atoms with Crippen LogP contribution in [-0.4, -0.2) is 71.6 Å². The van der Waals surface area contributed by atoms with Gasteiger partial charge < -0.3 is 0 Å². The van der Waals surface area contributed by atoms with Gasteiger partial charge in [-0.25, -0.2) is 0 Å². The highest BCUT2D eigenvalue weighted by Gasteiger charge is 2.92. The van der Waals surface area contributed by atoms with Crippen molar-refractivity contribution in [3.8, 4) is 56.3 Å². The number of nitrogens with zero attached hydrogens (tertiary/aromatic N) is 4. The zero-order chi connectivity index (χ0) is 62.1. The molecule has 2 heterocycles. The van der Waals surface area contributed by atoms with Gasteiger partial charge in [-0.3, -0.25) is 0 Å². The highest BCUT2D eigenvalue weighted by molar-refractivity contribution is 7.17. The standard InChI is InChI=1S/C49H28F26N4S2/c1-3-5-15-37(16-6-4-2)29-17-23(31-11-13-33(80-31)35(25(19-76)20-77)38(50,51)40(54,55)42(58,59)44(62,63)46(66,67)48(70,71)72)7-9-27(29)28-10-8-24(18-30(28)37)32-12-14-34(81-32)36(26(21-78)22-79)39(52,53)41(56,57)43(60,61)45(64,65)47(68,69)49(73,74)75/h7-14,17-18H,3-6,15-16H2,1-2H3. The number of hydrogen-bond donors (Lipinski definition) is 0. The number of alkyl halides is 26. The van der Waals surface area contributed by atoms with Gasteiger partial charge in [0.2, 0.25) is 0 Å². The number of fused-ring (bicyclic) bond motifs is 3. The second-order valence-electron chi connectivity index (χ2n) is 17.8. The summed E-state index contributed by atoms with van der Waals surface area (Å²) in [5.74, 6) is -79.4. The fourth-order valence-corrected chi connectivity index (χ4v) is 10.8. The van der Waals surface area contributed by atoms with Crippen LogP contribution in [-0.2, 0) is 5.41 Å². The van der Waals surface area contributed by atoms with Gasteiger partial charge in [0.15, 0.2) is 0 Å². The lowest BCUT2D eigenvalue weighted by atomic mass is 9.70. The van der Waals surface area contributed by atoms with E-state index in [0.717, 1.165) is 12.1 Å². The van der Waals surface area contributed by atoms with E-state index in [4.69, 9.17) is 0 Å². The summed E-state index contributed by atoms with van der Waals surface area (Å²) in [4.78, 5) is -3.66. The Hall–Kier alpha value is -6.54. The summed E-state index contributed by atoms with van der Waals surface area (Å²) in [5.41, 5.74) is -10.2. The molecule has 0 saturated carbocycles. The second kappa shape index (κ2) is 21.0. The molecule has 0 bridgehead atoms. The minimum Gasteiger partial charge on any atom is -0.194 e. The van der Waals surface area contributed by atoms with Crippen LogP contribution >= 0.6 is 22.7 Å². The number of unbranched alkanes of at least 4 members (excludes halogenated alkanes) is 2. The molecule has 0 aliphatic heterocycles. The third-order valence-corrected chi connectivity index (χ3v) is 15.3. The molecule has 32 heteroatoms. The molecule has 2 aromatic heterocycles. The number of halogens is 26. The lowest BCUT2D eigenvalue weighted by Crippen LogP contribution is -2.70. The first kappa shape index (κ1) is 65.3. The Morgan fingerprint density at radius 1 is 0.395 bits per heavy atom. The van der Waals surface area contributed by atoms with E-state index >= 15 is 35.1 Å². The van der Waals surface area contributed by atoms with Crippen LogP contribution in [0.3, 0.4) is 0 Å². The summed E-state index contributed by atoms with van der Waals surface area (Å²) in [7, 11) is 0. The zero-order valence-electron chi connectivity index (χ0n) is 39.9. The monoisotopic (exact) mass is 1230 g/mol. The fourth-order valence-electron chi connectivity index (χ4n) is 8.67. The molecule has 0 N–H and O–H groups in total. The average molecular weight is 1230 g/mol. The van der Waals surface area contributed by atoms with Crippen molar-refractivity contribution >= 4 is 33.8 Å². The molecule has 0 amide bonds. The van der Waals surface area contributed by atoms with Crippen LogP contribution in [0.5, 0.6) is 0 Å².